The van der Waals surface area contributed by atoms with E-state index in [0.717, 1.165) is 12.8 Å². The first-order valence-corrected chi connectivity index (χ1v) is 9.31. The maximum atomic E-state index is 13.2. The summed E-state index contributed by atoms with van der Waals surface area (Å²) in [5.74, 6) is -0.904. The van der Waals surface area contributed by atoms with Gasteiger partial charge in [-0.15, -0.1) is 0 Å². The molecule has 2 amide bonds. The second-order valence-corrected chi connectivity index (χ2v) is 10.1. The number of carboxylic acid groups (broad SMARTS) is 1. The molecule has 0 aromatic carbocycles. The van der Waals surface area contributed by atoms with Crippen LogP contribution in [-0.4, -0.2) is 52.2 Å². The summed E-state index contributed by atoms with van der Waals surface area (Å²) < 4.78 is 5.29. The Bertz CT molecular complexity index is 641. The largest absolute Gasteiger partial charge is 0.480 e. The van der Waals surface area contributed by atoms with Gasteiger partial charge in [-0.1, -0.05) is 20.8 Å². The number of hydrogen-bond donors (Lipinski definition) is 2. The number of nitrogens with one attached hydrogen (secondary N) is 1. The van der Waals surface area contributed by atoms with Gasteiger partial charge >= 0.3 is 12.1 Å². The molecule has 1 heterocycles. The Labute approximate surface area is 154 Å². The lowest BCUT2D eigenvalue weighted by Crippen LogP contribution is -2.58. The number of piperidine rings is 1. The number of ether oxygens (including phenoxy) is 1. The molecule has 0 aromatic rings. The molecule has 3 aliphatic rings. The average molecular weight is 366 g/mol. The predicted molar refractivity (Wildman–Crippen MR) is 94.4 cm³/mol. The molecule has 146 valence electrons. The van der Waals surface area contributed by atoms with E-state index in [9.17, 15) is 19.5 Å². The summed E-state index contributed by atoms with van der Waals surface area (Å²) in [5.41, 5.74) is -1.05. The van der Waals surface area contributed by atoms with Crippen molar-refractivity contribution in [1.82, 2.24) is 10.2 Å². The summed E-state index contributed by atoms with van der Waals surface area (Å²) in [6.07, 6.45) is 1.49. The van der Waals surface area contributed by atoms with Crippen molar-refractivity contribution in [1.29, 1.82) is 0 Å². The lowest BCUT2D eigenvalue weighted by atomic mass is 9.85. The number of amides is 2. The van der Waals surface area contributed by atoms with Crippen LogP contribution in [0.1, 0.15) is 54.4 Å². The standard InChI is InChI=1S/C19H30N2O5/c1-17(2,3)13(20-16(25)26-18(4,5)6)14(22)21-9-10-11(12(21)15(23)24)19(10)7-8-19/h10-13H,7-9H2,1-6H3,(H,20,25)(H,23,24)/t10?,11?,12?,13-/m1/s1. The quantitative estimate of drug-likeness (QED) is 0.799. The Morgan fingerprint density at radius 1 is 1.15 bits per heavy atom. The van der Waals surface area contributed by atoms with Crippen LogP contribution in [0.5, 0.6) is 0 Å². The smallest absolute Gasteiger partial charge is 0.408 e. The number of fused-ring (bicyclic) bond motifs is 3. The zero-order valence-electron chi connectivity index (χ0n) is 16.5. The van der Waals surface area contributed by atoms with Gasteiger partial charge in [0, 0.05) is 12.5 Å². The molecule has 1 saturated heterocycles. The van der Waals surface area contributed by atoms with Crippen LogP contribution in [0, 0.1) is 22.7 Å². The molecular weight excluding hydrogens is 336 g/mol. The molecular formula is C19H30N2O5. The molecule has 0 bridgehead atoms. The number of carboxylic acids is 1. The van der Waals surface area contributed by atoms with Gasteiger partial charge in [0.15, 0.2) is 0 Å². The number of rotatable bonds is 3. The van der Waals surface area contributed by atoms with Crippen molar-refractivity contribution in [2.75, 3.05) is 6.54 Å². The minimum atomic E-state index is -0.945. The van der Waals surface area contributed by atoms with Crippen LogP contribution in [0.15, 0.2) is 0 Å². The van der Waals surface area contributed by atoms with E-state index in [4.69, 9.17) is 4.74 Å². The first kappa shape index (κ1) is 19.0. The van der Waals surface area contributed by atoms with Gasteiger partial charge in [-0.2, -0.15) is 0 Å². The van der Waals surface area contributed by atoms with E-state index in [0.29, 0.717) is 12.5 Å². The van der Waals surface area contributed by atoms with Crippen LogP contribution in [0.4, 0.5) is 4.79 Å². The van der Waals surface area contributed by atoms with E-state index in [-0.39, 0.29) is 17.2 Å². The highest BCUT2D eigenvalue weighted by Crippen LogP contribution is 2.78. The lowest BCUT2D eigenvalue weighted by Gasteiger charge is -2.36. The topological polar surface area (TPSA) is 95.9 Å². The van der Waals surface area contributed by atoms with Crippen molar-refractivity contribution < 1.29 is 24.2 Å². The number of alkyl carbamates (subject to hydrolysis) is 1. The Morgan fingerprint density at radius 2 is 1.73 bits per heavy atom. The molecule has 4 atom stereocenters. The van der Waals surface area contributed by atoms with Gasteiger partial charge in [-0.3, -0.25) is 4.79 Å². The second-order valence-electron chi connectivity index (χ2n) is 10.1. The maximum absolute atomic E-state index is 13.2. The van der Waals surface area contributed by atoms with Gasteiger partial charge in [-0.05, 0) is 50.4 Å². The highest BCUT2D eigenvalue weighted by atomic mass is 16.6. The molecule has 3 unspecified atom stereocenters. The van der Waals surface area contributed by atoms with E-state index in [2.05, 4.69) is 5.32 Å². The molecule has 1 aliphatic heterocycles. The summed E-state index contributed by atoms with van der Waals surface area (Å²) in [5, 5.41) is 12.4. The minimum absolute atomic E-state index is 0.0751. The maximum Gasteiger partial charge on any atom is 0.408 e. The Morgan fingerprint density at radius 3 is 2.15 bits per heavy atom. The number of carbonyl (C=O) groups is 3. The molecule has 2 N–H and O–H groups in total. The van der Waals surface area contributed by atoms with Gasteiger partial charge in [0.2, 0.25) is 5.91 Å². The highest BCUT2D eigenvalue weighted by molar-refractivity contribution is 5.91. The van der Waals surface area contributed by atoms with E-state index < -0.39 is 35.2 Å². The fourth-order valence-corrected chi connectivity index (χ4v) is 4.56. The fourth-order valence-electron chi connectivity index (χ4n) is 4.56. The lowest BCUT2D eigenvalue weighted by molar-refractivity contribution is -0.152. The third-order valence-corrected chi connectivity index (χ3v) is 5.93. The van der Waals surface area contributed by atoms with Gasteiger partial charge in [-0.25, -0.2) is 9.59 Å². The highest BCUT2D eigenvalue weighted by Gasteiger charge is 2.79. The molecule has 7 nitrogen and oxygen atoms in total. The Kier molecular flexibility index (Phi) is 4.09. The molecule has 3 rings (SSSR count). The zero-order valence-corrected chi connectivity index (χ0v) is 16.5. The van der Waals surface area contributed by atoms with Crippen molar-refractivity contribution >= 4 is 18.0 Å². The van der Waals surface area contributed by atoms with Gasteiger partial charge in [0.05, 0.1) is 0 Å². The third-order valence-electron chi connectivity index (χ3n) is 5.93. The third kappa shape index (κ3) is 3.16. The van der Waals surface area contributed by atoms with Crippen LogP contribution in [0.25, 0.3) is 0 Å². The van der Waals surface area contributed by atoms with E-state index in [1.807, 2.05) is 20.8 Å². The molecule has 3 fully saturated rings. The van der Waals surface area contributed by atoms with Crippen molar-refractivity contribution in [2.24, 2.45) is 22.7 Å². The van der Waals surface area contributed by atoms with Gasteiger partial charge in [0.1, 0.15) is 17.7 Å². The Balaban J connectivity index is 1.76. The summed E-state index contributed by atoms with van der Waals surface area (Å²) in [6.45, 7) is 11.3. The van der Waals surface area contributed by atoms with Crippen molar-refractivity contribution in [2.45, 2.75) is 72.1 Å². The molecule has 2 aliphatic carbocycles. The average Bonchev–Trinajstić information content (AvgIpc) is 3.29. The normalized spacial score (nSPS) is 29.8. The van der Waals surface area contributed by atoms with Crippen LogP contribution >= 0.6 is 0 Å². The van der Waals surface area contributed by atoms with Crippen molar-refractivity contribution in [3.05, 3.63) is 0 Å². The summed E-state index contributed by atoms with van der Waals surface area (Å²) in [6, 6.07) is -1.62. The van der Waals surface area contributed by atoms with E-state index >= 15 is 0 Å². The van der Waals surface area contributed by atoms with Crippen LogP contribution < -0.4 is 5.32 Å². The SMILES string of the molecule is CC(C)(C)OC(=O)N[C@H](C(=O)N1CC2C(C1C(=O)O)C21CC1)C(C)(C)C. The molecule has 0 aromatic heterocycles. The van der Waals surface area contributed by atoms with Crippen LogP contribution in [0.2, 0.25) is 0 Å². The monoisotopic (exact) mass is 366 g/mol. The van der Waals surface area contributed by atoms with Gasteiger partial charge in [0.25, 0.3) is 0 Å². The molecule has 26 heavy (non-hydrogen) atoms. The van der Waals surface area contributed by atoms with Crippen LogP contribution in [-0.2, 0) is 14.3 Å². The number of hydrogen-bond acceptors (Lipinski definition) is 4. The van der Waals surface area contributed by atoms with Crippen LogP contribution in [0.3, 0.4) is 0 Å². The Hall–Kier alpha value is -1.79. The second kappa shape index (κ2) is 5.60. The molecule has 7 heteroatoms. The van der Waals surface area contributed by atoms with Crippen molar-refractivity contribution in [3.8, 4) is 0 Å². The number of nitrogens with zero attached hydrogens (tertiary/aromatic N) is 1. The minimum Gasteiger partial charge on any atom is -0.480 e. The first-order chi connectivity index (χ1) is 11.8. The van der Waals surface area contributed by atoms with E-state index in [1.54, 1.807) is 20.8 Å². The van der Waals surface area contributed by atoms with Gasteiger partial charge < -0.3 is 20.1 Å². The molecule has 2 saturated carbocycles. The number of carbonyl (C=O) groups excluding carboxylic acids is 2. The summed E-state index contributed by atoms with van der Waals surface area (Å²) in [4.78, 5) is 38.7. The van der Waals surface area contributed by atoms with Crippen molar-refractivity contribution in [3.63, 3.8) is 0 Å². The number of likely N-dealkylation sites (tertiary alicyclic amines) is 1. The molecule has 1 spiro atoms. The number of aliphatic carboxylic acids is 1. The van der Waals surface area contributed by atoms with E-state index in [1.165, 1.54) is 4.90 Å². The predicted octanol–water partition coefficient (Wildman–Crippen LogP) is 2.25. The fraction of sp³-hybridized carbons (Fsp3) is 0.842. The zero-order chi connectivity index (χ0) is 19.7. The molecule has 0 radical (unpaired) electrons. The summed E-state index contributed by atoms with van der Waals surface area (Å²) >= 11 is 0. The first-order valence-electron chi connectivity index (χ1n) is 9.31. The summed E-state index contributed by atoms with van der Waals surface area (Å²) in [7, 11) is 0.